The van der Waals surface area contributed by atoms with E-state index < -0.39 is 0 Å². The summed E-state index contributed by atoms with van der Waals surface area (Å²) in [5.74, 6) is 0. The van der Waals surface area contributed by atoms with Crippen molar-refractivity contribution < 1.29 is 29.6 Å². The first-order chi connectivity index (χ1) is 7.81. The number of allylic oxidation sites excluding steroid dienone is 4. The van der Waals surface area contributed by atoms with Gasteiger partial charge in [0.2, 0.25) is 0 Å². The summed E-state index contributed by atoms with van der Waals surface area (Å²) in [7, 11) is 0. The van der Waals surface area contributed by atoms with Crippen molar-refractivity contribution in [2.75, 3.05) is 6.61 Å². The average molecular weight is 262 g/mol. The third-order valence-electron chi connectivity index (χ3n) is 1.13. The van der Waals surface area contributed by atoms with Crippen LogP contribution >= 0.6 is 0 Å². The van der Waals surface area contributed by atoms with Gasteiger partial charge in [-0.3, -0.25) is 0 Å². The summed E-state index contributed by atoms with van der Waals surface area (Å²) < 4.78 is 21.0. The molecule has 0 bridgehead atoms. The molecule has 88 valence electrons. The van der Waals surface area contributed by atoms with Gasteiger partial charge in [-0.1, -0.05) is 24.3 Å². The van der Waals surface area contributed by atoms with Gasteiger partial charge in [0.25, 0.3) is 0 Å². The van der Waals surface area contributed by atoms with Gasteiger partial charge in [-0.25, -0.2) is 0 Å². The quantitative estimate of drug-likeness (QED) is 0.437. The van der Waals surface area contributed by atoms with Crippen LogP contribution in [0.4, 0.5) is 0 Å². The molecule has 0 aromatic rings. The molecule has 0 N–H and O–H groups in total. The van der Waals surface area contributed by atoms with Crippen molar-refractivity contribution in [3.05, 3.63) is 44.0 Å². The Morgan fingerprint density at radius 2 is 1.50 bits per heavy atom. The zero-order chi connectivity index (χ0) is 13.2. The summed E-state index contributed by atoms with van der Waals surface area (Å²) in [6.45, 7) is 13.8. The molecule has 1 radical (unpaired) electrons. The van der Waals surface area contributed by atoms with E-state index in [0.29, 0.717) is 0 Å². The summed E-state index contributed by atoms with van der Waals surface area (Å²) in [5.41, 5.74) is 0. The van der Waals surface area contributed by atoms with Crippen LogP contribution in [0.1, 0.15) is 20.3 Å². The Morgan fingerprint density at radius 1 is 1.06 bits per heavy atom. The molecule has 1 rings (SSSR count). The van der Waals surface area contributed by atoms with E-state index >= 15 is 0 Å². The predicted molar refractivity (Wildman–Crippen MR) is 57.4 cm³/mol. The van der Waals surface area contributed by atoms with Crippen molar-refractivity contribution in [1.82, 2.24) is 0 Å². The molecule has 0 heterocycles. The van der Waals surface area contributed by atoms with Crippen molar-refractivity contribution in [2.24, 2.45) is 0 Å². The third kappa shape index (κ3) is 23.3. The van der Waals surface area contributed by atoms with Crippen LogP contribution in [0, 0.1) is 19.7 Å². The molecule has 16 heavy (non-hydrogen) atoms. The van der Waals surface area contributed by atoms with E-state index in [9.17, 15) is 0 Å². The molecular weight excluding hydrogens is 247 g/mol. The van der Waals surface area contributed by atoms with Gasteiger partial charge < -0.3 is 0 Å². The Balaban J connectivity index is -0.000000164. The fraction of sp³-hybridized carbons (Fsp3) is 0.333. The molecule has 0 spiro atoms. The molecule has 0 fully saturated rings. The minimum atomic E-state index is 0.758. The standard InChI is InChI=1S/C5H10O.C5H5.2CO.Mn/c1-3-5-6-4-2;1-2-4-5-3-1;2*1-2;/h3-4H2,1-2H3;1-5H;;;. The van der Waals surface area contributed by atoms with Gasteiger partial charge >= 0.3 is 74.4 Å². The van der Waals surface area contributed by atoms with Crippen LogP contribution in [-0.2, 0) is 29.6 Å². The minimum Gasteiger partial charge on any atom is -0.0767 e. The van der Waals surface area contributed by atoms with E-state index in [4.69, 9.17) is 14.0 Å². The van der Waals surface area contributed by atoms with Gasteiger partial charge in [0, 0.05) is 6.42 Å². The van der Waals surface area contributed by atoms with Crippen molar-refractivity contribution in [1.29, 1.82) is 0 Å². The smallest absolute Gasteiger partial charge is 0.00506 e. The molecular formula is C12H15MnO3. The van der Waals surface area contributed by atoms with Crippen molar-refractivity contribution in [3.8, 4) is 0 Å². The van der Waals surface area contributed by atoms with Gasteiger partial charge in [0.15, 0.2) is 0 Å². The maximum atomic E-state index is 7.50. The molecule has 0 saturated carbocycles. The number of hydrogen-bond acceptors (Lipinski definition) is 1. The van der Waals surface area contributed by atoms with Crippen LogP contribution in [0.15, 0.2) is 24.3 Å². The van der Waals surface area contributed by atoms with Crippen LogP contribution in [0.25, 0.3) is 0 Å². The van der Waals surface area contributed by atoms with Gasteiger partial charge in [0.05, 0.1) is 0 Å². The molecule has 1 aliphatic carbocycles. The van der Waals surface area contributed by atoms with Crippen LogP contribution < -0.4 is 0 Å². The molecule has 0 aromatic heterocycles. The molecule has 0 saturated heterocycles. The fourth-order valence-corrected chi connectivity index (χ4v) is 0.750. The molecule has 0 amide bonds. The zero-order valence-electron chi connectivity index (χ0n) is 9.40. The molecule has 1 aliphatic rings. The summed E-state index contributed by atoms with van der Waals surface area (Å²) in [6.07, 6.45) is 11.0. The van der Waals surface area contributed by atoms with E-state index in [1.54, 1.807) is 0 Å². The summed E-state index contributed by atoms with van der Waals surface area (Å²) >= 11 is 3.23. The normalized spacial score (nSPS) is 9.62. The van der Waals surface area contributed by atoms with E-state index in [-0.39, 0.29) is 0 Å². The van der Waals surface area contributed by atoms with Gasteiger partial charge in [-0.05, 0) is 0 Å². The SMILES string of the molecule is CCO[C](=[Mn])CC.[C-]#[O+].[C-]#[O+].[CH]1C=CC=C1. The second-order valence-electron chi connectivity index (χ2n) is 2.10. The zero-order valence-corrected chi connectivity index (χ0v) is 10.6. The van der Waals surface area contributed by atoms with E-state index in [2.05, 4.69) is 28.9 Å². The van der Waals surface area contributed by atoms with Gasteiger partial charge in [0.1, 0.15) is 0 Å². The Morgan fingerprint density at radius 3 is 1.62 bits per heavy atom. The van der Waals surface area contributed by atoms with Gasteiger partial charge in [-0.2, -0.15) is 0 Å². The molecule has 0 unspecified atom stereocenters. The van der Waals surface area contributed by atoms with Crippen LogP contribution in [0.2, 0.25) is 0 Å². The molecule has 0 aromatic carbocycles. The Kier molecular flexibility index (Phi) is 30.8. The van der Waals surface area contributed by atoms with E-state index in [0.717, 1.165) is 17.6 Å². The second kappa shape index (κ2) is 23.8. The van der Waals surface area contributed by atoms with Crippen molar-refractivity contribution in [3.63, 3.8) is 0 Å². The third-order valence-corrected chi connectivity index (χ3v) is 1.72. The Bertz CT molecular complexity index is 223. The van der Waals surface area contributed by atoms with Crippen LogP contribution in [-0.4, -0.2) is 11.2 Å². The monoisotopic (exact) mass is 262 g/mol. The van der Waals surface area contributed by atoms with E-state index in [1.807, 2.05) is 44.6 Å². The first kappa shape index (κ1) is 20.7. The fourth-order valence-electron chi connectivity index (χ4n) is 0.579. The first-order valence-electron chi connectivity index (χ1n) is 4.52. The van der Waals surface area contributed by atoms with Crippen LogP contribution in [0.5, 0.6) is 0 Å². The summed E-state index contributed by atoms with van der Waals surface area (Å²) in [5, 5.41) is 0. The summed E-state index contributed by atoms with van der Waals surface area (Å²) in [6, 6.07) is 0. The molecule has 0 aliphatic heterocycles. The van der Waals surface area contributed by atoms with E-state index in [1.165, 1.54) is 0 Å². The predicted octanol–water partition coefficient (Wildman–Crippen LogP) is 2.35. The largest absolute Gasteiger partial charge is 0.0767 e. The number of rotatable bonds is 3. The molecule has 0 atom stereocenters. The maximum absolute atomic E-state index is 7.50. The first-order valence-corrected chi connectivity index (χ1v) is 5.11. The minimum absolute atomic E-state index is 0.758. The van der Waals surface area contributed by atoms with Gasteiger partial charge in [-0.15, -0.1) is 0 Å². The Labute approximate surface area is 105 Å². The topological polar surface area (TPSA) is 49.0 Å². The number of ether oxygens (including phenoxy) is 1. The van der Waals surface area contributed by atoms with Crippen molar-refractivity contribution >= 4 is 4.60 Å². The average Bonchev–Trinajstić information content (AvgIpc) is 2.93. The molecule has 4 heteroatoms. The maximum Gasteiger partial charge on any atom is 0.00506 e. The van der Waals surface area contributed by atoms with Crippen LogP contribution in [0.3, 0.4) is 0 Å². The molecule has 3 nitrogen and oxygen atoms in total. The second-order valence-corrected chi connectivity index (χ2v) is 2.76. The Hall–Kier alpha value is -0.691. The van der Waals surface area contributed by atoms with Crippen molar-refractivity contribution in [2.45, 2.75) is 20.3 Å². The summed E-state index contributed by atoms with van der Waals surface area (Å²) in [4.78, 5) is 0. The number of hydrogen-bond donors (Lipinski definition) is 0.